The molecule has 5 nitrogen and oxygen atoms in total. The predicted molar refractivity (Wildman–Crippen MR) is 62.7 cm³/mol. The van der Waals surface area contributed by atoms with E-state index >= 15 is 0 Å². The Hall–Kier alpha value is -1.30. The van der Waals surface area contributed by atoms with Crippen molar-refractivity contribution in [1.82, 2.24) is 9.97 Å². The number of carbonyl (C=O) groups is 1. The number of carboxylic acids is 1. The maximum Gasteiger partial charge on any atom is 0.305 e. The highest BCUT2D eigenvalue weighted by atomic mass is 32.2. The maximum atomic E-state index is 10.8. The van der Waals surface area contributed by atoms with Gasteiger partial charge in [0.2, 0.25) is 0 Å². The van der Waals surface area contributed by atoms with Gasteiger partial charge in [-0.15, -0.1) is 0 Å². The van der Waals surface area contributed by atoms with E-state index in [0.29, 0.717) is 0 Å². The Kier molecular flexibility index (Phi) is 3.61. The van der Waals surface area contributed by atoms with Crippen LogP contribution in [0.25, 0.3) is 0 Å². The molecule has 0 spiro atoms. The van der Waals surface area contributed by atoms with Crippen molar-refractivity contribution in [2.24, 2.45) is 0 Å². The molecule has 0 aromatic carbocycles. The summed E-state index contributed by atoms with van der Waals surface area (Å²) in [6.45, 7) is 0.835. The second-order valence-corrected chi connectivity index (χ2v) is 4.73. The van der Waals surface area contributed by atoms with Gasteiger partial charge in [0.25, 0.3) is 0 Å². The van der Waals surface area contributed by atoms with Crippen molar-refractivity contribution in [2.45, 2.75) is 12.5 Å². The average Bonchev–Trinajstić information content (AvgIpc) is 2.30. The molecule has 1 aromatic heterocycles. The van der Waals surface area contributed by atoms with Crippen LogP contribution >= 0.6 is 11.8 Å². The lowest BCUT2D eigenvalue weighted by Gasteiger charge is -2.35. The van der Waals surface area contributed by atoms with E-state index in [0.717, 1.165) is 23.9 Å². The van der Waals surface area contributed by atoms with Crippen molar-refractivity contribution in [3.05, 3.63) is 18.6 Å². The lowest BCUT2D eigenvalue weighted by Crippen LogP contribution is -2.44. The Morgan fingerprint density at radius 1 is 1.62 bits per heavy atom. The molecule has 0 amide bonds. The van der Waals surface area contributed by atoms with Gasteiger partial charge in [-0.3, -0.25) is 9.78 Å². The van der Waals surface area contributed by atoms with Crippen LogP contribution in [0.5, 0.6) is 0 Å². The summed E-state index contributed by atoms with van der Waals surface area (Å²) in [4.78, 5) is 21.0. The van der Waals surface area contributed by atoms with Crippen molar-refractivity contribution in [3.8, 4) is 0 Å². The van der Waals surface area contributed by atoms with Crippen LogP contribution in [0.3, 0.4) is 0 Å². The highest BCUT2D eigenvalue weighted by molar-refractivity contribution is 7.99. The van der Waals surface area contributed by atoms with E-state index in [1.165, 1.54) is 0 Å². The quantitative estimate of drug-likeness (QED) is 0.844. The molecular weight excluding hydrogens is 226 g/mol. The van der Waals surface area contributed by atoms with Crippen LogP contribution in [-0.2, 0) is 4.79 Å². The first-order valence-corrected chi connectivity index (χ1v) is 6.25. The van der Waals surface area contributed by atoms with Crippen LogP contribution in [0, 0.1) is 0 Å². The first-order valence-electron chi connectivity index (χ1n) is 5.09. The Labute approximate surface area is 97.9 Å². The fraction of sp³-hybridized carbons (Fsp3) is 0.500. The van der Waals surface area contributed by atoms with Crippen molar-refractivity contribution in [2.75, 3.05) is 23.0 Å². The van der Waals surface area contributed by atoms with E-state index in [1.807, 2.05) is 4.90 Å². The predicted octanol–water partition coefficient (Wildman–Crippen LogP) is 0.873. The van der Waals surface area contributed by atoms with Crippen LogP contribution in [-0.4, -0.2) is 45.1 Å². The molecule has 0 bridgehead atoms. The second-order valence-electron chi connectivity index (χ2n) is 3.58. The fourth-order valence-corrected chi connectivity index (χ4v) is 2.83. The third-order valence-electron chi connectivity index (χ3n) is 2.48. The van der Waals surface area contributed by atoms with Crippen molar-refractivity contribution < 1.29 is 9.90 Å². The van der Waals surface area contributed by atoms with Crippen LogP contribution in [0.2, 0.25) is 0 Å². The monoisotopic (exact) mass is 239 g/mol. The minimum Gasteiger partial charge on any atom is -0.481 e. The van der Waals surface area contributed by atoms with Crippen LogP contribution in [0.15, 0.2) is 18.6 Å². The number of hydrogen-bond donors (Lipinski definition) is 1. The maximum absolute atomic E-state index is 10.8. The zero-order valence-electron chi connectivity index (χ0n) is 8.74. The van der Waals surface area contributed by atoms with Crippen molar-refractivity contribution in [3.63, 3.8) is 0 Å². The standard InChI is InChI=1S/C10H13N3O2S/c14-10(15)5-8-7-16-4-3-13(8)9-6-11-1-2-12-9/h1-2,6,8H,3-5,7H2,(H,14,15). The molecule has 1 aliphatic rings. The van der Waals surface area contributed by atoms with Gasteiger partial charge in [-0.25, -0.2) is 4.98 Å². The molecule has 1 atom stereocenters. The molecule has 6 heteroatoms. The van der Waals surface area contributed by atoms with Crippen LogP contribution in [0.4, 0.5) is 5.82 Å². The molecule has 2 rings (SSSR count). The summed E-state index contributed by atoms with van der Waals surface area (Å²) in [5, 5.41) is 8.86. The minimum atomic E-state index is -0.763. The zero-order valence-corrected chi connectivity index (χ0v) is 9.56. The van der Waals surface area contributed by atoms with Gasteiger partial charge in [-0.2, -0.15) is 11.8 Å². The Morgan fingerprint density at radius 2 is 2.50 bits per heavy atom. The van der Waals surface area contributed by atoms with E-state index in [2.05, 4.69) is 9.97 Å². The third kappa shape index (κ3) is 2.63. The molecule has 0 aliphatic carbocycles. The van der Waals surface area contributed by atoms with Gasteiger partial charge in [0.1, 0.15) is 5.82 Å². The Balaban J connectivity index is 2.13. The summed E-state index contributed by atoms with van der Waals surface area (Å²) < 4.78 is 0. The number of carboxylic acid groups (broad SMARTS) is 1. The van der Waals surface area contributed by atoms with Gasteiger partial charge < -0.3 is 10.0 Å². The molecule has 16 heavy (non-hydrogen) atoms. The molecule has 1 aliphatic heterocycles. The summed E-state index contributed by atoms with van der Waals surface area (Å²) >= 11 is 1.79. The van der Waals surface area contributed by atoms with Crippen molar-refractivity contribution >= 4 is 23.5 Å². The van der Waals surface area contributed by atoms with Gasteiger partial charge in [0.05, 0.1) is 12.6 Å². The highest BCUT2D eigenvalue weighted by Crippen LogP contribution is 2.23. The number of rotatable bonds is 3. The molecule has 1 unspecified atom stereocenters. The summed E-state index contributed by atoms with van der Waals surface area (Å²) in [5.41, 5.74) is 0. The lowest BCUT2D eigenvalue weighted by atomic mass is 10.2. The van der Waals surface area contributed by atoms with Gasteiger partial charge in [0.15, 0.2) is 0 Å². The topological polar surface area (TPSA) is 66.3 Å². The third-order valence-corrected chi connectivity index (χ3v) is 3.57. The largest absolute Gasteiger partial charge is 0.481 e. The SMILES string of the molecule is O=C(O)CC1CSCCN1c1cnccn1. The molecule has 1 N–H and O–H groups in total. The minimum absolute atomic E-state index is 0.0212. The van der Waals surface area contributed by atoms with E-state index < -0.39 is 5.97 Å². The summed E-state index contributed by atoms with van der Waals surface area (Å²) in [5.74, 6) is 1.85. The number of aliphatic carboxylic acids is 1. The molecule has 0 radical (unpaired) electrons. The molecule has 2 heterocycles. The van der Waals surface area contributed by atoms with E-state index in [-0.39, 0.29) is 12.5 Å². The van der Waals surface area contributed by atoms with Gasteiger partial charge in [-0.1, -0.05) is 0 Å². The number of thioether (sulfide) groups is 1. The molecule has 1 fully saturated rings. The zero-order chi connectivity index (χ0) is 11.4. The normalized spacial score (nSPS) is 20.8. The molecule has 86 valence electrons. The van der Waals surface area contributed by atoms with Gasteiger partial charge in [-0.05, 0) is 0 Å². The highest BCUT2D eigenvalue weighted by Gasteiger charge is 2.25. The molecular formula is C10H13N3O2S. The summed E-state index contributed by atoms with van der Waals surface area (Å²) in [6, 6.07) is 0.0212. The van der Waals surface area contributed by atoms with Gasteiger partial charge >= 0.3 is 5.97 Å². The number of nitrogens with zero attached hydrogens (tertiary/aromatic N) is 3. The van der Waals surface area contributed by atoms with Crippen LogP contribution < -0.4 is 4.90 Å². The van der Waals surface area contributed by atoms with E-state index in [4.69, 9.17) is 5.11 Å². The molecule has 1 aromatic rings. The number of anilines is 1. The summed E-state index contributed by atoms with van der Waals surface area (Å²) in [6.07, 6.45) is 5.09. The second kappa shape index (κ2) is 5.16. The van der Waals surface area contributed by atoms with E-state index in [9.17, 15) is 4.79 Å². The first kappa shape index (κ1) is 11.2. The fourth-order valence-electron chi connectivity index (χ4n) is 1.77. The lowest BCUT2D eigenvalue weighted by molar-refractivity contribution is -0.137. The Bertz CT molecular complexity index is 360. The number of hydrogen-bond acceptors (Lipinski definition) is 5. The number of aromatic nitrogens is 2. The Morgan fingerprint density at radius 3 is 3.19 bits per heavy atom. The van der Waals surface area contributed by atoms with Crippen LogP contribution in [0.1, 0.15) is 6.42 Å². The smallest absolute Gasteiger partial charge is 0.305 e. The molecule has 0 saturated carbocycles. The van der Waals surface area contributed by atoms with Gasteiger partial charge in [0, 0.05) is 36.5 Å². The van der Waals surface area contributed by atoms with Crippen molar-refractivity contribution in [1.29, 1.82) is 0 Å². The molecule has 1 saturated heterocycles. The van der Waals surface area contributed by atoms with E-state index in [1.54, 1.807) is 30.4 Å². The summed E-state index contributed by atoms with van der Waals surface area (Å²) in [7, 11) is 0. The first-order chi connectivity index (χ1) is 7.77. The average molecular weight is 239 g/mol.